The molecule has 1 aliphatic rings. The molecule has 9 nitrogen and oxygen atoms in total. The molecule has 9 heteroatoms. The van der Waals surface area contributed by atoms with Crippen molar-refractivity contribution in [2.45, 2.75) is 211 Å². The number of allylic oxidation sites excluding steroid dienone is 10. The van der Waals surface area contributed by atoms with E-state index in [0.29, 0.717) is 13.0 Å². The second-order valence-electron chi connectivity index (χ2n) is 15.5. The van der Waals surface area contributed by atoms with Crippen molar-refractivity contribution in [2.24, 2.45) is 0 Å². The molecule has 6 unspecified atom stereocenters. The van der Waals surface area contributed by atoms with Gasteiger partial charge in [0, 0.05) is 13.0 Å². The Balaban J connectivity index is 2.15. The summed E-state index contributed by atoms with van der Waals surface area (Å²) in [4.78, 5) is 12.7. The molecule has 1 rings (SSSR count). The summed E-state index contributed by atoms with van der Waals surface area (Å²) in [6.45, 7) is 4.39. The van der Waals surface area contributed by atoms with Gasteiger partial charge in [0.2, 0.25) is 0 Å². The summed E-state index contributed by atoms with van der Waals surface area (Å²) in [5, 5.41) is 40.0. The Hall–Kier alpha value is -2.11. The third-order valence-corrected chi connectivity index (χ3v) is 10.2. The smallest absolute Gasteiger partial charge is 0.306 e. The molecule has 0 amide bonds. The summed E-state index contributed by atoms with van der Waals surface area (Å²) in [6, 6.07) is 0. The Morgan fingerprint density at radius 2 is 1.07 bits per heavy atom. The van der Waals surface area contributed by atoms with E-state index in [1.807, 2.05) is 0 Å². The van der Waals surface area contributed by atoms with Crippen molar-refractivity contribution in [3.05, 3.63) is 60.8 Å². The normalized spacial score (nSPS) is 21.0. The van der Waals surface area contributed by atoms with Gasteiger partial charge >= 0.3 is 5.97 Å². The molecule has 0 aliphatic carbocycles. The second kappa shape index (κ2) is 39.4. The molecule has 0 radical (unpaired) electrons. The monoisotopic (exact) mass is 805 g/mol. The molecule has 0 aromatic heterocycles. The van der Waals surface area contributed by atoms with Crippen LogP contribution in [0.1, 0.15) is 174 Å². The third kappa shape index (κ3) is 30.6. The minimum atomic E-state index is -1.54. The summed E-state index contributed by atoms with van der Waals surface area (Å²) in [7, 11) is 0. The second-order valence-corrected chi connectivity index (χ2v) is 15.5. The Labute approximate surface area is 347 Å². The lowest BCUT2D eigenvalue weighted by Crippen LogP contribution is -2.59. The fraction of sp³-hybridized carbons (Fsp3) is 0.771. The maximum atomic E-state index is 12.7. The number of carbonyl (C=O) groups is 1. The van der Waals surface area contributed by atoms with Crippen molar-refractivity contribution in [3.63, 3.8) is 0 Å². The zero-order valence-electron chi connectivity index (χ0n) is 36.1. The molecule has 4 N–H and O–H groups in total. The minimum Gasteiger partial charge on any atom is -0.457 e. The summed E-state index contributed by atoms with van der Waals surface area (Å²) in [5.74, 6) is -0.322. The topological polar surface area (TPSA) is 135 Å². The number of carbonyl (C=O) groups excluding carboxylic acids is 1. The van der Waals surface area contributed by atoms with Crippen LogP contribution in [0.5, 0.6) is 0 Å². The first-order valence-corrected chi connectivity index (χ1v) is 22.9. The molecular formula is C48H84O9. The van der Waals surface area contributed by atoms with Crippen LogP contribution in [-0.2, 0) is 23.7 Å². The fourth-order valence-electron chi connectivity index (χ4n) is 6.64. The van der Waals surface area contributed by atoms with Gasteiger partial charge in [-0.05, 0) is 57.8 Å². The van der Waals surface area contributed by atoms with Gasteiger partial charge in [-0.1, -0.05) is 171 Å². The van der Waals surface area contributed by atoms with Crippen molar-refractivity contribution in [1.29, 1.82) is 0 Å². The number of aliphatic hydroxyl groups excluding tert-OH is 4. The third-order valence-electron chi connectivity index (χ3n) is 10.2. The van der Waals surface area contributed by atoms with Crippen LogP contribution in [0.25, 0.3) is 0 Å². The van der Waals surface area contributed by atoms with Crippen molar-refractivity contribution in [2.75, 3.05) is 26.4 Å². The predicted octanol–water partition coefficient (Wildman–Crippen LogP) is 10.3. The van der Waals surface area contributed by atoms with E-state index >= 15 is 0 Å². The van der Waals surface area contributed by atoms with Crippen LogP contribution in [0.4, 0.5) is 0 Å². The van der Waals surface area contributed by atoms with Crippen molar-refractivity contribution >= 4 is 5.97 Å². The van der Waals surface area contributed by atoms with Crippen molar-refractivity contribution < 1.29 is 44.2 Å². The van der Waals surface area contributed by atoms with Crippen LogP contribution in [0.2, 0.25) is 0 Å². The number of esters is 1. The first kappa shape index (κ1) is 52.9. The number of aliphatic hydroxyl groups is 4. The maximum Gasteiger partial charge on any atom is 0.306 e. The van der Waals surface area contributed by atoms with Crippen molar-refractivity contribution in [3.8, 4) is 0 Å². The lowest BCUT2D eigenvalue weighted by atomic mass is 9.99. The molecule has 57 heavy (non-hydrogen) atoms. The Morgan fingerprint density at radius 3 is 1.61 bits per heavy atom. The average molecular weight is 805 g/mol. The van der Waals surface area contributed by atoms with Gasteiger partial charge in [-0.2, -0.15) is 0 Å². The van der Waals surface area contributed by atoms with E-state index in [4.69, 9.17) is 18.9 Å². The lowest BCUT2D eigenvalue weighted by Gasteiger charge is -2.39. The van der Waals surface area contributed by atoms with E-state index in [1.165, 1.54) is 89.9 Å². The summed E-state index contributed by atoms with van der Waals surface area (Å²) in [6.07, 6.45) is 42.7. The molecule has 1 fully saturated rings. The zero-order chi connectivity index (χ0) is 41.4. The Morgan fingerprint density at radius 1 is 0.579 bits per heavy atom. The molecule has 0 bridgehead atoms. The van der Waals surface area contributed by atoms with Crippen LogP contribution in [-0.4, -0.2) is 89.6 Å². The number of rotatable bonds is 38. The van der Waals surface area contributed by atoms with Crippen molar-refractivity contribution in [1.82, 2.24) is 0 Å². The van der Waals surface area contributed by atoms with E-state index in [9.17, 15) is 25.2 Å². The molecule has 0 saturated carbocycles. The number of hydrogen-bond donors (Lipinski definition) is 4. The SMILES string of the molecule is CC/C=C\C/C=C\C/C=C\C/C=C\C/C=C\CCCCCCCCCCCCOCC(COC1OC(CO)C(O)C(O)C1O)OC(=O)CCCCCCCCCC. The van der Waals surface area contributed by atoms with Gasteiger partial charge in [0.15, 0.2) is 6.29 Å². The largest absolute Gasteiger partial charge is 0.457 e. The highest BCUT2D eigenvalue weighted by Crippen LogP contribution is 2.22. The van der Waals surface area contributed by atoms with E-state index in [2.05, 4.69) is 74.6 Å². The van der Waals surface area contributed by atoms with Gasteiger partial charge in [0.05, 0.1) is 19.8 Å². The van der Waals surface area contributed by atoms with Crippen LogP contribution in [0.15, 0.2) is 60.8 Å². The summed E-state index contributed by atoms with van der Waals surface area (Å²) < 4.78 is 22.7. The number of ether oxygens (including phenoxy) is 4. The molecule has 0 spiro atoms. The molecular weight excluding hydrogens is 721 g/mol. The fourth-order valence-corrected chi connectivity index (χ4v) is 6.64. The highest BCUT2D eigenvalue weighted by atomic mass is 16.7. The van der Waals surface area contributed by atoms with Crippen LogP contribution < -0.4 is 0 Å². The van der Waals surface area contributed by atoms with Crippen LogP contribution in [0, 0.1) is 0 Å². The van der Waals surface area contributed by atoms with Crippen LogP contribution in [0.3, 0.4) is 0 Å². The zero-order valence-corrected chi connectivity index (χ0v) is 36.1. The van der Waals surface area contributed by atoms with Gasteiger partial charge in [0.1, 0.15) is 30.5 Å². The molecule has 1 saturated heterocycles. The molecule has 0 aromatic rings. The Bertz CT molecular complexity index is 1050. The van der Waals surface area contributed by atoms with E-state index in [0.717, 1.165) is 64.2 Å². The highest BCUT2D eigenvalue weighted by molar-refractivity contribution is 5.69. The van der Waals surface area contributed by atoms with Gasteiger partial charge in [-0.3, -0.25) is 4.79 Å². The average Bonchev–Trinajstić information content (AvgIpc) is 3.21. The van der Waals surface area contributed by atoms with E-state index < -0.39 is 43.4 Å². The van der Waals surface area contributed by atoms with E-state index in [1.54, 1.807) is 0 Å². The van der Waals surface area contributed by atoms with Gasteiger partial charge in [0.25, 0.3) is 0 Å². The molecule has 330 valence electrons. The van der Waals surface area contributed by atoms with Gasteiger partial charge in [-0.25, -0.2) is 0 Å². The summed E-state index contributed by atoms with van der Waals surface area (Å²) in [5.41, 5.74) is 0. The lowest BCUT2D eigenvalue weighted by molar-refractivity contribution is -0.305. The number of unbranched alkanes of at least 4 members (excludes halogenated alkanes) is 17. The minimum absolute atomic E-state index is 0.116. The standard InChI is InChI=1S/C48H84O9/c1-3-5-7-9-11-13-14-15-16-17-18-19-20-21-22-23-24-25-26-27-28-29-30-32-34-36-38-54-40-42(56-44(50)37-35-33-31-12-10-8-6-4-2)41-55-48-47(53)46(52)45(51)43(39-49)57-48/h5,7,11,13,15-16,18-19,21-22,42-43,45-49,51-53H,3-4,6,8-10,12,14,17,20,23-41H2,1-2H3/b7-5-,13-11-,16-15-,19-18-,22-21-. The first-order valence-electron chi connectivity index (χ1n) is 22.9. The van der Waals surface area contributed by atoms with E-state index in [-0.39, 0.29) is 19.2 Å². The maximum absolute atomic E-state index is 12.7. The van der Waals surface area contributed by atoms with Gasteiger partial charge < -0.3 is 39.4 Å². The molecule has 1 heterocycles. The van der Waals surface area contributed by atoms with Crippen LogP contribution >= 0.6 is 0 Å². The quantitative estimate of drug-likeness (QED) is 0.0273. The molecule has 1 aliphatic heterocycles. The predicted molar refractivity (Wildman–Crippen MR) is 233 cm³/mol. The first-order chi connectivity index (χ1) is 27.9. The molecule has 0 aromatic carbocycles. The number of hydrogen-bond acceptors (Lipinski definition) is 9. The summed E-state index contributed by atoms with van der Waals surface area (Å²) >= 11 is 0. The Kier molecular flexibility index (Phi) is 36.5. The highest BCUT2D eigenvalue weighted by Gasteiger charge is 2.44. The molecule has 6 atom stereocenters. The van der Waals surface area contributed by atoms with Gasteiger partial charge in [-0.15, -0.1) is 0 Å².